The summed E-state index contributed by atoms with van der Waals surface area (Å²) >= 11 is 0. The Labute approximate surface area is 328 Å². The van der Waals surface area contributed by atoms with Crippen molar-refractivity contribution in [2.45, 2.75) is 37.8 Å². The van der Waals surface area contributed by atoms with Crippen LogP contribution in [0.3, 0.4) is 0 Å². The normalized spacial score (nSPS) is 17.9. The SMILES string of the molecule is CC(/N=C(\N=C(/N)c1ccccc1)c1ccc2c3c(c4cccc(-c5ccc6c(c5)N(c5ccccc5)C5C=CC=CC65)c4c2c1)CCC=C3)c1ccccc1. The molecule has 0 bridgehead atoms. The summed E-state index contributed by atoms with van der Waals surface area (Å²) in [5, 5.41) is 4.99. The Morgan fingerprint density at radius 3 is 2.30 bits per heavy atom. The lowest BCUT2D eigenvalue weighted by Gasteiger charge is -2.28. The number of amidine groups is 2. The highest BCUT2D eigenvalue weighted by atomic mass is 15.2. The number of aryl methyl sites for hydroxylation is 1. The number of nitrogens with two attached hydrogens (primary N) is 1. The number of allylic oxidation sites excluding steroid dienone is 3. The smallest absolute Gasteiger partial charge is 0.157 e. The van der Waals surface area contributed by atoms with Gasteiger partial charge in [-0.15, -0.1) is 0 Å². The first kappa shape index (κ1) is 33.8. The average Bonchev–Trinajstić information content (AvgIpc) is 3.60. The maximum Gasteiger partial charge on any atom is 0.157 e. The summed E-state index contributed by atoms with van der Waals surface area (Å²) in [6, 6.07) is 52.0. The minimum absolute atomic E-state index is 0.125. The van der Waals surface area contributed by atoms with Gasteiger partial charge in [0, 0.05) is 28.4 Å². The van der Waals surface area contributed by atoms with Crippen LogP contribution in [0.4, 0.5) is 11.4 Å². The van der Waals surface area contributed by atoms with Crippen molar-refractivity contribution < 1.29 is 0 Å². The third kappa shape index (κ3) is 5.86. The Bertz CT molecular complexity index is 2780. The van der Waals surface area contributed by atoms with Crippen LogP contribution < -0.4 is 10.6 Å². The fourth-order valence-corrected chi connectivity index (χ4v) is 8.99. The van der Waals surface area contributed by atoms with Crippen molar-refractivity contribution in [3.05, 3.63) is 209 Å². The number of para-hydroxylation sites is 1. The van der Waals surface area contributed by atoms with E-state index in [1.807, 2.05) is 36.4 Å². The van der Waals surface area contributed by atoms with Crippen LogP contribution in [0, 0.1) is 0 Å². The lowest BCUT2D eigenvalue weighted by Crippen LogP contribution is -2.28. The highest BCUT2D eigenvalue weighted by Gasteiger charge is 2.37. The number of rotatable bonds is 6. The van der Waals surface area contributed by atoms with Crippen molar-refractivity contribution in [3.8, 4) is 11.1 Å². The molecule has 0 spiro atoms. The van der Waals surface area contributed by atoms with E-state index in [-0.39, 0.29) is 12.1 Å². The molecule has 1 aliphatic heterocycles. The molecule has 0 saturated carbocycles. The zero-order chi connectivity index (χ0) is 37.6. The monoisotopic (exact) mass is 722 g/mol. The van der Waals surface area contributed by atoms with Gasteiger partial charge >= 0.3 is 0 Å². The van der Waals surface area contributed by atoms with Crippen LogP contribution in [0.25, 0.3) is 38.7 Å². The van der Waals surface area contributed by atoms with Crippen molar-refractivity contribution in [3.63, 3.8) is 0 Å². The molecule has 7 aromatic rings. The second kappa shape index (κ2) is 14.1. The maximum absolute atomic E-state index is 6.73. The zero-order valence-electron chi connectivity index (χ0n) is 31.4. The van der Waals surface area contributed by atoms with Crippen molar-refractivity contribution >= 4 is 50.7 Å². The van der Waals surface area contributed by atoms with Gasteiger partial charge in [0.25, 0.3) is 0 Å². The van der Waals surface area contributed by atoms with Crippen LogP contribution in [0.2, 0.25) is 0 Å². The second-order valence-corrected chi connectivity index (χ2v) is 15.0. The number of fused-ring (bicyclic) bond motifs is 9. The predicted octanol–water partition coefficient (Wildman–Crippen LogP) is 12.3. The van der Waals surface area contributed by atoms with Gasteiger partial charge in [-0.1, -0.05) is 158 Å². The zero-order valence-corrected chi connectivity index (χ0v) is 31.4. The highest BCUT2D eigenvalue weighted by Crippen LogP contribution is 2.50. The van der Waals surface area contributed by atoms with Gasteiger partial charge in [0.05, 0.1) is 12.1 Å². The van der Waals surface area contributed by atoms with Gasteiger partial charge in [0.2, 0.25) is 0 Å². The Morgan fingerprint density at radius 2 is 1.48 bits per heavy atom. The molecule has 0 radical (unpaired) electrons. The molecule has 2 aliphatic carbocycles. The molecule has 3 aliphatic rings. The Morgan fingerprint density at radius 1 is 0.714 bits per heavy atom. The minimum atomic E-state index is -0.125. The number of hydrogen-bond acceptors (Lipinski definition) is 2. The Balaban J connectivity index is 1.20. The molecule has 0 saturated heterocycles. The summed E-state index contributed by atoms with van der Waals surface area (Å²) in [6.45, 7) is 2.12. The molecule has 2 N–H and O–H groups in total. The van der Waals surface area contributed by atoms with Crippen LogP contribution in [-0.4, -0.2) is 17.7 Å². The molecule has 10 rings (SSSR count). The summed E-state index contributed by atoms with van der Waals surface area (Å²) in [5.74, 6) is 1.36. The first-order chi connectivity index (χ1) is 27.6. The number of benzene rings is 7. The number of aliphatic imine (C=N–C) groups is 2. The van der Waals surface area contributed by atoms with Crippen molar-refractivity contribution in [1.29, 1.82) is 0 Å². The molecule has 4 heteroatoms. The van der Waals surface area contributed by atoms with Gasteiger partial charge in [0.1, 0.15) is 5.84 Å². The van der Waals surface area contributed by atoms with Crippen LogP contribution in [0.1, 0.15) is 58.7 Å². The van der Waals surface area contributed by atoms with E-state index in [2.05, 4.69) is 157 Å². The molecular formula is C52H42N4. The van der Waals surface area contributed by atoms with Crippen LogP contribution in [0.5, 0.6) is 0 Å². The molecular weight excluding hydrogens is 681 g/mol. The largest absolute Gasteiger partial charge is 0.383 e. The summed E-state index contributed by atoms with van der Waals surface area (Å²) in [4.78, 5) is 12.8. The molecule has 0 fully saturated rings. The molecule has 270 valence electrons. The van der Waals surface area contributed by atoms with E-state index in [4.69, 9.17) is 15.7 Å². The van der Waals surface area contributed by atoms with E-state index in [0.717, 1.165) is 29.5 Å². The number of nitrogens with zero attached hydrogens (tertiary/aromatic N) is 3. The lowest BCUT2D eigenvalue weighted by atomic mass is 9.83. The topological polar surface area (TPSA) is 54.0 Å². The molecule has 56 heavy (non-hydrogen) atoms. The molecule has 0 amide bonds. The first-order valence-electron chi connectivity index (χ1n) is 19.7. The van der Waals surface area contributed by atoms with Gasteiger partial charge in [-0.05, 0) is 99.0 Å². The van der Waals surface area contributed by atoms with Gasteiger partial charge in [0.15, 0.2) is 5.84 Å². The van der Waals surface area contributed by atoms with Crippen molar-refractivity contribution in [2.75, 3.05) is 4.90 Å². The Hall–Kier alpha value is -6.78. The molecule has 4 nitrogen and oxygen atoms in total. The average molecular weight is 723 g/mol. The van der Waals surface area contributed by atoms with Crippen LogP contribution in [-0.2, 0) is 6.42 Å². The first-order valence-corrected chi connectivity index (χ1v) is 19.7. The standard InChI is InChI=1S/C52H42N4/c1-34(35-16-5-2-6-17-35)54-52(55-51(53)36-18-7-3-8-19-36)38-29-30-43-41-22-11-12-23-42(41)46-26-15-25-40(50(46)47(43)32-38)37-28-31-45-44-24-13-14-27-48(44)56(49(45)33-37)39-20-9-4-10-21-39/h2-11,13-22,24-34,44,48H,12,23H2,1H3,(H2,53,54,55). The third-order valence-corrected chi connectivity index (χ3v) is 11.7. The van der Waals surface area contributed by atoms with Crippen molar-refractivity contribution in [2.24, 2.45) is 15.7 Å². The van der Waals surface area contributed by atoms with Gasteiger partial charge in [-0.3, -0.25) is 4.99 Å². The third-order valence-electron chi connectivity index (χ3n) is 11.7. The van der Waals surface area contributed by atoms with Gasteiger partial charge < -0.3 is 10.6 Å². The molecule has 1 heterocycles. The van der Waals surface area contributed by atoms with Crippen LogP contribution in [0.15, 0.2) is 186 Å². The van der Waals surface area contributed by atoms with Gasteiger partial charge in [-0.2, -0.15) is 0 Å². The van der Waals surface area contributed by atoms with E-state index in [1.165, 1.54) is 60.7 Å². The van der Waals surface area contributed by atoms with E-state index in [0.29, 0.717) is 17.6 Å². The lowest BCUT2D eigenvalue weighted by molar-refractivity contribution is 0.745. The van der Waals surface area contributed by atoms with E-state index in [1.54, 1.807) is 0 Å². The maximum atomic E-state index is 6.73. The van der Waals surface area contributed by atoms with E-state index < -0.39 is 0 Å². The molecule has 7 aromatic carbocycles. The van der Waals surface area contributed by atoms with E-state index in [9.17, 15) is 0 Å². The van der Waals surface area contributed by atoms with E-state index >= 15 is 0 Å². The van der Waals surface area contributed by atoms with Crippen molar-refractivity contribution in [1.82, 2.24) is 0 Å². The summed E-state index contributed by atoms with van der Waals surface area (Å²) < 4.78 is 0. The number of hydrogen-bond donors (Lipinski definition) is 1. The fourth-order valence-electron chi connectivity index (χ4n) is 8.99. The molecule has 3 unspecified atom stereocenters. The number of anilines is 2. The van der Waals surface area contributed by atoms with Crippen LogP contribution >= 0.6 is 0 Å². The molecule has 0 aromatic heterocycles. The summed E-state index contributed by atoms with van der Waals surface area (Å²) in [6.07, 6.45) is 15.7. The summed E-state index contributed by atoms with van der Waals surface area (Å²) in [7, 11) is 0. The van der Waals surface area contributed by atoms with Gasteiger partial charge in [-0.25, -0.2) is 4.99 Å². The highest BCUT2D eigenvalue weighted by molar-refractivity contribution is 6.20. The quantitative estimate of drug-likeness (QED) is 0.106. The molecule has 3 atom stereocenters. The predicted molar refractivity (Wildman–Crippen MR) is 236 cm³/mol. The second-order valence-electron chi connectivity index (χ2n) is 15.0. The fraction of sp³-hybridized carbons (Fsp3) is 0.115. The summed E-state index contributed by atoms with van der Waals surface area (Å²) in [5.41, 5.74) is 18.6. The Kier molecular flexibility index (Phi) is 8.52. The minimum Gasteiger partial charge on any atom is -0.383 e.